The average Bonchev–Trinajstić information content (AvgIpc) is 2.88. The third-order valence-electron chi connectivity index (χ3n) is 4.04. The minimum Gasteiger partial charge on any atom is -0.496 e. The fraction of sp³-hybridized carbons (Fsp3) is 0.389. The smallest absolute Gasteiger partial charge is 0.314 e. The second-order valence-electron chi connectivity index (χ2n) is 5.74. The highest BCUT2D eigenvalue weighted by Gasteiger charge is 2.20. The number of hydrogen-bond donors (Lipinski definition) is 0. The number of ketones is 1. The summed E-state index contributed by atoms with van der Waals surface area (Å²) in [7, 11) is 1.43. The maximum absolute atomic E-state index is 12.5. The SMILES string of the molecule is CCCn1c(C)cc(C(=O)COc2ccc(OC)cc2[N+](=O)[O-])c1C. The summed E-state index contributed by atoms with van der Waals surface area (Å²) in [6, 6.07) is 6.09. The molecule has 0 spiro atoms. The van der Waals surface area contributed by atoms with Crippen molar-refractivity contribution in [3.05, 3.63) is 51.3 Å². The number of rotatable bonds is 8. The zero-order valence-corrected chi connectivity index (χ0v) is 14.9. The van der Waals surface area contributed by atoms with E-state index in [0.29, 0.717) is 11.3 Å². The lowest BCUT2D eigenvalue weighted by atomic mass is 10.1. The van der Waals surface area contributed by atoms with Crippen molar-refractivity contribution >= 4 is 11.5 Å². The molecule has 7 heteroatoms. The second kappa shape index (κ2) is 7.83. The Bertz CT molecular complexity index is 795. The largest absolute Gasteiger partial charge is 0.496 e. The molecule has 7 nitrogen and oxygen atoms in total. The minimum atomic E-state index is -0.560. The van der Waals surface area contributed by atoms with Gasteiger partial charge in [0.15, 0.2) is 12.4 Å². The number of carbonyl (C=O) groups excluding carboxylic acids is 1. The van der Waals surface area contributed by atoms with E-state index in [0.717, 1.165) is 24.4 Å². The van der Waals surface area contributed by atoms with Crippen molar-refractivity contribution in [2.45, 2.75) is 33.7 Å². The highest BCUT2D eigenvalue weighted by molar-refractivity contribution is 5.98. The highest BCUT2D eigenvalue weighted by atomic mass is 16.6. The molecule has 2 aromatic rings. The van der Waals surface area contributed by atoms with E-state index in [2.05, 4.69) is 11.5 Å². The third-order valence-corrected chi connectivity index (χ3v) is 4.04. The first-order valence-electron chi connectivity index (χ1n) is 8.04. The number of Topliss-reactive ketones (excluding diaryl/α,β-unsaturated/α-hetero) is 1. The summed E-state index contributed by atoms with van der Waals surface area (Å²) in [4.78, 5) is 23.1. The van der Waals surface area contributed by atoms with Crippen LogP contribution in [0.2, 0.25) is 0 Å². The summed E-state index contributed by atoms with van der Waals surface area (Å²) < 4.78 is 12.5. The number of aryl methyl sites for hydroxylation is 1. The zero-order chi connectivity index (χ0) is 18.6. The van der Waals surface area contributed by atoms with Crippen molar-refractivity contribution in [1.29, 1.82) is 0 Å². The number of nitro benzene ring substituents is 1. The quantitative estimate of drug-likeness (QED) is 0.413. The molecule has 0 saturated heterocycles. The van der Waals surface area contributed by atoms with Gasteiger partial charge in [0.1, 0.15) is 5.75 Å². The molecule has 2 rings (SSSR count). The van der Waals surface area contributed by atoms with Crippen molar-refractivity contribution in [3.8, 4) is 11.5 Å². The van der Waals surface area contributed by atoms with Crippen LogP contribution in [-0.4, -0.2) is 29.0 Å². The summed E-state index contributed by atoms with van der Waals surface area (Å²) in [5.41, 5.74) is 2.25. The van der Waals surface area contributed by atoms with E-state index in [-0.39, 0.29) is 23.8 Å². The van der Waals surface area contributed by atoms with Crippen LogP contribution in [0.15, 0.2) is 24.3 Å². The Labute approximate surface area is 146 Å². The number of ether oxygens (including phenoxy) is 2. The molecule has 0 fully saturated rings. The Morgan fingerprint density at radius 2 is 2.00 bits per heavy atom. The van der Waals surface area contributed by atoms with Gasteiger partial charge in [0.2, 0.25) is 5.78 Å². The topological polar surface area (TPSA) is 83.6 Å². The van der Waals surface area contributed by atoms with E-state index >= 15 is 0 Å². The Kier molecular flexibility index (Phi) is 5.80. The summed E-state index contributed by atoms with van der Waals surface area (Å²) in [5, 5.41) is 11.2. The Hall–Kier alpha value is -2.83. The van der Waals surface area contributed by atoms with Gasteiger partial charge < -0.3 is 14.0 Å². The molecule has 0 aliphatic rings. The molecule has 0 aliphatic heterocycles. The maximum Gasteiger partial charge on any atom is 0.314 e. The lowest BCUT2D eigenvalue weighted by Gasteiger charge is -2.09. The minimum absolute atomic E-state index is 0.0431. The van der Waals surface area contributed by atoms with E-state index in [4.69, 9.17) is 9.47 Å². The zero-order valence-electron chi connectivity index (χ0n) is 14.9. The van der Waals surface area contributed by atoms with Gasteiger partial charge in [-0.3, -0.25) is 14.9 Å². The first kappa shape index (κ1) is 18.5. The van der Waals surface area contributed by atoms with E-state index < -0.39 is 4.92 Å². The van der Waals surface area contributed by atoms with Crippen LogP contribution in [0.5, 0.6) is 11.5 Å². The Morgan fingerprint density at radius 1 is 1.28 bits per heavy atom. The van der Waals surface area contributed by atoms with Gasteiger partial charge in [0, 0.05) is 23.5 Å². The Morgan fingerprint density at radius 3 is 2.60 bits per heavy atom. The van der Waals surface area contributed by atoms with Gasteiger partial charge in [-0.15, -0.1) is 0 Å². The van der Waals surface area contributed by atoms with Crippen LogP contribution in [0.4, 0.5) is 5.69 Å². The molecule has 134 valence electrons. The number of methoxy groups -OCH3 is 1. The van der Waals surface area contributed by atoms with Gasteiger partial charge in [0.05, 0.1) is 18.1 Å². The fourth-order valence-corrected chi connectivity index (χ4v) is 2.76. The lowest BCUT2D eigenvalue weighted by molar-refractivity contribution is -0.385. The number of hydrogen-bond acceptors (Lipinski definition) is 5. The van der Waals surface area contributed by atoms with Gasteiger partial charge in [-0.05, 0) is 38.5 Å². The van der Waals surface area contributed by atoms with Crippen LogP contribution >= 0.6 is 0 Å². The standard InChI is InChI=1S/C18H22N2O5/c1-5-8-19-12(2)9-15(13(19)3)17(21)11-25-18-7-6-14(24-4)10-16(18)20(22)23/h6-7,9-10H,5,8,11H2,1-4H3. The first-order valence-corrected chi connectivity index (χ1v) is 8.04. The van der Waals surface area contributed by atoms with Crippen LogP contribution in [0.3, 0.4) is 0 Å². The molecular formula is C18H22N2O5. The maximum atomic E-state index is 12.5. The van der Waals surface area contributed by atoms with Crippen LogP contribution in [-0.2, 0) is 6.54 Å². The van der Waals surface area contributed by atoms with Gasteiger partial charge in [-0.1, -0.05) is 6.92 Å². The van der Waals surface area contributed by atoms with Crippen molar-refractivity contribution < 1.29 is 19.2 Å². The third kappa shape index (κ3) is 3.99. The lowest BCUT2D eigenvalue weighted by Crippen LogP contribution is -2.13. The van der Waals surface area contributed by atoms with Crippen molar-refractivity contribution in [2.75, 3.05) is 13.7 Å². The average molecular weight is 346 g/mol. The number of carbonyl (C=O) groups is 1. The molecule has 1 aromatic heterocycles. The molecule has 0 saturated carbocycles. The van der Waals surface area contributed by atoms with Crippen molar-refractivity contribution in [3.63, 3.8) is 0 Å². The van der Waals surface area contributed by atoms with E-state index in [9.17, 15) is 14.9 Å². The fourth-order valence-electron chi connectivity index (χ4n) is 2.76. The highest BCUT2D eigenvalue weighted by Crippen LogP contribution is 2.31. The summed E-state index contributed by atoms with van der Waals surface area (Å²) in [5.74, 6) is 0.190. The molecule has 0 atom stereocenters. The van der Waals surface area contributed by atoms with Crippen LogP contribution < -0.4 is 9.47 Å². The van der Waals surface area contributed by atoms with Gasteiger partial charge in [0.25, 0.3) is 0 Å². The molecule has 1 heterocycles. The number of benzene rings is 1. The Balaban J connectivity index is 2.18. The van der Waals surface area contributed by atoms with E-state index in [1.54, 1.807) is 6.07 Å². The van der Waals surface area contributed by atoms with Gasteiger partial charge >= 0.3 is 5.69 Å². The molecular weight excluding hydrogens is 324 g/mol. The monoisotopic (exact) mass is 346 g/mol. The molecule has 0 aliphatic carbocycles. The van der Waals surface area contributed by atoms with E-state index in [1.165, 1.54) is 19.2 Å². The molecule has 25 heavy (non-hydrogen) atoms. The van der Waals surface area contributed by atoms with Crippen LogP contribution in [0, 0.1) is 24.0 Å². The van der Waals surface area contributed by atoms with Crippen molar-refractivity contribution in [2.24, 2.45) is 0 Å². The molecule has 0 radical (unpaired) electrons. The molecule has 0 amide bonds. The van der Waals surface area contributed by atoms with E-state index in [1.807, 2.05) is 19.9 Å². The predicted octanol–water partition coefficient (Wildman–Crippen LogP) is 3.69. The number of nitrogens with zero attached hydrogens (tertiary/aromatic N) is 2. The summed E-state index contributed by atoms with van der Waals surface area (Å²) >= 11 is 0. The first-order chi connectivity index (χ1) is 11.9. The van der Waals surface area contributed by atoms with Crippen LogP contribution in [0.1, 0.15) is 35.1 Å². The van der Waals surface area contributed by atoms with Gasteiger partial charge in [-0.2, -0.15) is 0 Å². The molecule has 1 aromatic carbocycles. The van der Waals surface area contributed by atoms with Crippen LogP contribution in [0.25, 0.3) is 0 Å². The second-order valence-corrected chi connectivity index (χ2v) is 5.74. The number of nitro groups is 1. The van der Waals surface area contributed by atoms with Gasteiger partial charge in [-0.25, -0.2) is 0 Å². The molecule has 0 bridgehead atoms. The normalized spacial score (nSPS) is 10.6. The summed E-state index contributed by atoms with van der Waals surface area (Å²) in [6.07, 6.45) is 0.971. The summed E-state index contributed by atoms with van der Waals surface area (Å²) in [6.45, 7) is 6.51. The molecule has 0 N–H and O–H groups in total. The predicted molar refractivity (Wildman–Crippen MR) is 93.7 cm³/mol. The molecule has 0 unspecified atom stereocenters. The van der Waals surface area contributed by atoms with Crippen molar-refractivity contribution in [1.82, 2.24) is 4.57 Å². The number of aromatic nitrogens is 1.